The molecule has 0 aliphatic heterocycles. The van der Waals surface area contributed by atoms with Gasteiger partial charge < -0.3 is 5.32 Å². The SMILES string of the molecule is CC(NCCc1ccccc1)C1CCC1. The average Bonchev–Trinajstić information content (AvgIpc) is 2.16. The molecule has 1 saturated carbocycles. The van der Waals surface area contributed by atoms with E-state index in [9.17, 15) is 0 Å². The summed E-state index contributed by atoms with van der Waals surface area (Å²) in [6.45, 7) is 3.44. The Labute approximate surface area is 92.9 Å². The van der Waals surface area contributed by atoms with E-state index >= 15 is 0 Å². The first-order chi connectivity index (χ1) is 7.36. The van der Waals surface area contributed by atoms with Crippen LogP contribution in [0.4, 0.5) is 0 Å². The first-order valence-electron chi connectivity index (χ1n) is 6.13. The van der Waals surface area contributed by atoms with Crippen molar-refractivity contribution in [2.75, 3.05) is 6.54 Å². The van der Waals surface area contributed by atoms with Gasteiger partial charge in [0.25, 0.3) is 0 Å². The Kier molecular flexibility index (Phi) is 3.79. The Morgan fingerprint density at radius 1 is 1.27 bits per heavy atom. The van der Waals surface area contributed by atoms with Crippen LogP contribution in [0.5, 0.6) is 0 Å². The molecule has 0 saturated heterocycles. The van der Waals surface area contributed by atoms with E-state index in [1.807, 2.05) is 0 Å². The van der Waals surface area contributed by atoms with Gasteiger partial charge >= 0.3 is 0 Å². The van der Waals surface area contributed by atoms with Crippen molar-refractivity contribution < 1.29 is 0 Å². The van der Waals surface area contributed by atoms with Crippen molar-refractivity contribution in [1.29, 1.82) is 0 Å². The Morgan fingerprint density at radius 2 is 2.00 bits per heavy atom. The Hall–Kier alpha value is -0.820. The normalized spacial score (nSPS) is 18.5. The third kappa shape index (κ3) is 3.07. The highest BCUT2D eigenvalue weighted by Gasteiger charge is 2.22. The molecule has 0 spiro atoms. The summed E-state index contributed by atoms with van der Waals surface area (Å²) in [5, 5.41) is 3.63. The summed E-state index contributed by atoms with van der Waals surface area (Å²) < 4.78 is 0. The van der Waals surface area contributed by atoms with Crippen LogP contribution in [0.3, 0.4) is 0 Å². The van der Waals surface area contributed by atoms with Gasteiger partial charge in [-0.3, -0.25) is 0 Å². The Bertz CT molecular complexity index is 277. The fourth-order valence-electron chi connectivity index (χ4n) is 2.20. The molecule has 0 heterocycles. The summed E-state index contributed by atoms with van der Waals surface area (Å²) in [6, 6.07) is 11.4. The van der Waals surface area contributed by atoms with E-state index in [2.05, 4.69) is 42.6 Å². The average molecular weight is 203 g/mol. The molecule has 15 heavy (non-hydrogen) atoms. The van der Waals surface area contributed by atoms with E-state index in [-0.39, 0.29) is 0 Å². The van der Waals surface area contributed by atoms with Gasteiger partial charge in [-0.25, -0.2) is 0 Å². The zero-order valence-corrected chi connectivity index (χ0v) is 9.58. The number of benzene rings is 1. The minimum atomic E-state index is 0.711. The molecule has 2 rings (SSSR count). The van der Waals surface area contributed by atoms with E-state index in [1.54, 1.807) is 0 Å². The van der Waals surface area contributed by atoms with Gasteiger partial charge in [0.2, 0.25) is 0 Å². The third-order valence-electron chi connectivity index (χ3n) is 3.58. The molecular weight excluding hydrogens is 182 g/mol. The fraction of sp³-hybridized carbons (Fsp3) is 0.571. The van der Waals surface area contributed by atoms with Crippen LogP contribution in [0.2, 0.25) is 0 Å². The lowest BCUT2D eigenvalue weighted by atomic mass is 9.80. The number of hydrogen-bond donors (Lipinski definition) is 1. The molecular formula is C14H21N. The monoisotopic (exact) mass is 203 g/mol. The van der Waals surface area contributed by atoms with Gasteiger partial charge in [0, 0.05) is 6.04 Å². The maximum absolute atomic E-state index is 3.63. The van der Waals surface area contributed by atoms with E-state index in [1.165, 1.54) is 24.8 Å². The number of rotatable bonds is 5. The summed E-state index contributed by atoms with van der Waals surface area (Å²) >= 11 is 0. The fourth-order valence-corrected chi connectivity index (χ4v) is 2.20. The highest BCUT2D eigenvalue weighted by Crippen LogP contribution is 2.29. The molecule has 1 heteroatoms. The van der Waals surface area contributed by atoms with Crippen molar-refractivity contribution in [3.63, 3.8) is 0 Å². The highest BCUT2D eigenvalue weighted by molar-refractivity contribution is 5.14. The third-order valence-corrected chi connectivity index (χ3v) is 3.58. The van der Waals surface area contributed by atoms with Crippen molar-refractivity contribution in [2.45, 2.75) is 38.6 Å². The van der Waals surface area contributed by atoms with Gasteiger partial charge in [-0.05, 0) is 44.2 Å². The zero-order chi connectivity index (χ0) is 10.5. The summed E-state index contributed by atoms with van der Waals surface area (Å²) in [5.74, 6) is 0.945. The summed E-state index contributed by atoms with van der Waals surface area (Å²) in [6.07, 6.45) is 5.45. The minimum Gasteiger partial charge on any atom is -0.314 e. The molecule has 1 aliphatic rings. The molecule has 1 aromatic rings. The molecule has 0 aromatic heterocycles. The van der Waals surface area contributed by atoms with Gasteiger partial charge in [0.1, 0.15) is 0 Å². The molecule has 1 N–H and O–H groups in total. The van der Waals surface area contributed by atoms with Crippen molar-refractivity contribution in [3.05, 3.63) is 35.9 Å². The zero-order valence-electron chi connectivity index (χ0n) is 9.58. The predicted molar refractivity (Wildman–Crippen MR) is 65.0 cm³/mol. The second-order valence-electron chi connectivity index (χ2n) is 4.67. The Morgan fingerprint density at radius 3 is 2.60 bits per heavy atom. The standard InChI is InChI=1S/C14H21N/c1-12(14-8-5-9-14)15-11-10-13-6-3-2-4-7-13/h2-4,6-7,12,14-15H,5,8-11H2,1H3. The summed E-state index contributed by atoms with van der Waals surface area (Å²) in [4.78, 5) is 0. The van der Waals surface area contributed by atoms with Crippen LogP contribution < -0.4 is 5.32 Å². The van der Waals surface area contributed by atoms with E-state index in [4.69, 9.17) is 0 Å². The van der Waals surface area contributed by atoms with Crippen LogP contribution >= 0.6 is 0 Å². The lowest BCUT2D eigenvalue weighted by molar-refractivity contribution is 0.242. The molecule has 1 nitrogen and oxygen atoms in total. The first-order valence-corrected chi connectivity index (χ1v) is 6.13. The summed E-state index contributed by atoms with van der Waals surface area (Å²) in [7, 11) is 0. The van der Waals surface area contributed by atoms with Gasteiger partial charge in [-0.1, -0.05) is 36.8 Å². The molecule has 1 fully saturated rings. The van der Waals surface area contributed by atoms with Gasteiger partial charge in [0.15, 0.2) is 0 Å². The molecule has 1 aromatic carbocycles. The van der Waals surface area contributed by atoms with Crippen LogP contribution in [0.15, 0.2) is 30.3 Å². The maximum Gasteiger partial charge on any atom is 0.00671 e. The molecule has 0 bridgehead atoms. The minimum absolute atomic E-state index is 0.711. The number of hydrogen-bond acceptors (Lipinski definition) is 1. The maximum atomic E-state index is 3.63. The highest BCUT2D eigenvalue weighted by atomic mass is 14.9. The molecule has 1 atom stereocenters. The van der Waals surface area contributed by atoms with Gasteiger partial charge in [-0.15, -0.1) is 0 Å². The largest absolute Gasteiger partial charge is 0.314 e. The van der Waals surface area contributed by atoms with E-state index in [0.717, 1.165) is 18.9 Å². The quantitative estimate of drug-likeness (QED) is 0.775. The first kappa shape index (κ1) is 10.7. The molecule has 1 unspecified atom stereocenters. The van der Waals surface area contributed by atoms with Crippen molar-refractivity contribution in [3.8, 4) is 0 Å². The summed E-state index contributed by atoms with van der Waals surface area (Å²) in [5.41, 5.74) is 1.44. The van der Waals surface area contributed by atoms with Crippen LogP contribution in [-0.4, -0.2) is 12.6 Å². The smallest absolute Gasteiger partial charge is 0.00671 e. The van der Waals surface area contributed by atoms with Crippen LogP contribution in [-0.2, 0) is 6.42 Å². The second-order valence-corrected chi connectivity index (χ2v) is 4.67. The van der Waals surface area contributed by atoms with Crippen molar-refractivity contribution in [1.82, 2.24) is 5.32 Å². The molecule has 82 valence electrons. The number of nitrogens with one attached hydrogen (secondary N) is 1. The molecule has 1 aliphatic carbocycles. The predicted octanol–water partition coefficient (Wildman–Crippen LogP) is 3.01. The van der Waals surface area contributed by atoms with Crippen LogP contribution in [0.25, 0.3) is 0 Å². The second kappa shape index (κ2) is 5.32. The molecule has 0 radical (unpaired) electrons. The Balaban J connectivity index is 1.66. The van der Waals surface area contributed by atoms with E-state index < -0.39 is 0 Å². The lowest BCUT2D eigenvalue weighted by Gasteiger charge is -2.32. The van der Waals surface area contributed by atoms with Crippen LogP contribution in [0, 0.1) is 5.92 Å². The van der Waals surface area contributed by atoms with Crippen molar-refractivity contribution in [2.24, 2.45) is 5.92 Å². The van der Waals surface area contributed by atoms with Crippen LogP contribution in [0.1, 0.15) is 31.7 Å². The van der Waals surface area contributed by atoms with Gasteiger partial charge in [-0.2, -0.15) is 0 Å². The van der Waals surface area contributed by atoms with Crippen molar-refractivity contribution >= 4 is 0 Å². The topological polar surface area (TPSA) is 12.0 Å². The molecule has 0 amide bonds. The lowest BCUT2D eigenvalue weighted by Crippen LogP contribution is -2.38. The van der Waals surface area contributed by atoms with E-state index in [0.29, 0.717) is 6.04 Å². The van der Waals surface area contributed by atoms with Gasteiger partial charge in [0.05, 0.1) is 0 Å².